The summed E-state index contributed by atoms with van der Waals surface area (Å²) in [7, 11) is 0. The van der Waals surface area contributed by atoms with Gasteiger partial charge in [0.25, 0.3) is 5.91 Å². The number of benzene rings is 1. The van der Waals surface area contributed by atoms with Crippen molar-refractivity contribution in [1.82, 2.24) is 10.5 Å². The van der Waals surface area contributed by atoms with Gasteiger partial charge in [0.1, 0.15) is 11.9 Å². The quantitative estimate of drug-likeness (QED) is 0.735. The van der Waals surface area contributed by atoms with Crippen molar-refractivity contribution in [3.05, 3.63) is 41.3 Å². The fourth-order valence-corrected chi connectivity index (χ4v) is 1.99. The summed E-state index contributed by atoms with van der Waals surface area (Å²) in [4.78, 5) is 22.7. The summed E-state index contributed by atoms with van der Waals surface area (Å²) in [5, 5.41) is 14.7. The van der Waals surface area contributed by atoms with Gasteiger partial charge in [0.05, 0.1) is 6.20 Å². The number of carboxylic acid groups (broad SMARTS) is 1. The van der Waals surface area contributed by atoms with E-state index in [1.54, 1.807) is 0 Å². The Morgan fingerprint density at radius 2 is 2.17 bits per heavy atom. The molecule has 0 unspecified atom stereocenters. The lowest BCUT2D eigenvalue weighted by Gasteiger charge is -2.09. The third-order valence-corrected chi connectivity index (χ3v) is 3.25. The summed E-state index contributed by atoms with van der Waals surface area (Å²) in [6.07, 6.45) is 2.18. The van der Waals surface area contributed by atoms with E-state index in [9.17, 15) is 14.0 Å². The molecule has 0 aliphatic heterocycles. The van der Waals surface area contributed by atoms with Crippen LogP contribution in [0.4, 0.5) is 4.39 Å². The van der Waals surface area contributed by atoms with Gasteiger partial charge < -0.3 is 20.7 Å². The highest BCUT2D eigenvalue weighted by Gasteiger charge is 2.17. The Morgan fingerprint density at radius 3 is 2.83 bits per heavy atom. The number of amides is 1. The van der Waals surface area contributed by atoms with E-state index in [1.807, 2.05) is 6.92 Å². The predicted molar refractivity (Wildman–Crippen MR) is 79.2 cm³/mol. The number of aryl methyl sites for hydroxylation is 1. The molecule has 23 heavy (non-hydrogen) atoms. The number of hydrogen-bond acceptors (Lipinski definition) is 5. The molecule has 0 bridgehead atoms. The Balaban J connectivity index is 2.23. The highest BCUT2D eigenvalue weighted by Crippen LogP contribution is 2.26. The van der Waals surface area contributed by atoms with Crippen LogP contribution in [0.15, 0.2) is 28.9 Å². The molecule has 0 spiro atoms. The van der Waals surface area contributed by atoms with Crippen molar-refractivity contribution >= 4 is 11.9 Å². The lowest BCUT2D eigenvalue weighted by molar-refractivity contribution is -0.138. The Morgan fingerprint density at radius 1 is 1.43 bits per heavy atom. The highest BCUT2D eigenvalue weighted by atomic mass is 19.1. The molecule has 122 valence electrons. The number of aromatic nitrogens is 1. The SMILES string of the molecule is CCc1cnoc1-c1cc(F)cc(C(=O)NC[C@@H](N)C(=O)O)c1. The molecule has 8 heteroatoms. The van der Waals surface area contributed by atoms with Gasteiger partial charge in [-0.15, -0.1) is 0 Å². The third kappa shape index (κ3) is 3.92. The van der Waals surface area contributed by atoms with Gasteiger partial charge in [-0.1, -0.05) is 12.1 Å². The molecule has 2 rings (SSSR count). The summed E-state index contributed by atoms with van der Waals surface area (Å²) in [6.45, 7) is 1.64. The third-order valence-electron chi connectivity index (χ3n) is 3.25. The van der Waals surface area contributed by atoms with Crippen molar-refractivity contribution in [1.29, 1.82) is 0 Å². The highest BCUT2D eigenvalue weighted by molar-refractivity contribution is 5.95. The van der Waals surface area contributed by atoms with Crippen molar-refractivity contribution in [3.63, 3.8) is 0 Å². The molecule has 4 N–H and O–H groups in total. The van der Waals surface area contributed by atoms with E-state index in [0.717, 1.165) is 11.6 Å². The van der Waals surface area contributed by atoms with Gasteiger partial charge in [-0.25, -0.2) is 4.39 Å². The van der Waals surface area contributed by atoms with Crippen LogP contribution in [0.1, 0.15) is 22.8 Å². The molecule has 7 nitrogen and oxygen atoms in total. The maximum atomic E-state index is 13.8. The predicted octanol–water partition coefficient (Wildman–Crippen LogP) is 1.18. The number of nitrogens with one attached hydrogen (secondary N) is 1. The first-order chi connectivity index (χ1) is 10.9. The Hall–Kier alpha value is -2.74. The van der Waals surface area contributed by atoms with Crippen molar-refractivity contribution in [3.8, 4) is 11.3 Å². The van der Waals surface area contributed by atoms with Gasteiger partial charge >= 0.3 is 5.97 Å². The van der Waals surface area contributed by atoms with E-state index in [2.05, 4.69) is 10.5 Å². The summed E-state index contributed by atoms with van der Waals surface area (Å²) in [5.41, 5.74) is 6.51. The smallest absolute Gasteiger partial charge is 0.322 e. The minimum Gasteiger partial charge on any atom is -0.480 e. The minimum atomic E-state index is -1.24. The minimum absolute atomic E-state index is 0.0380. The normalized spacial score (nSPS) is 12.0. The molecule has 1 amide bonds. The molecule has 1 aromatic heterocycles. The molecule has 0 aliphatic rings. The lowest BCUT2D eigenvalue weighted by Crippen LogP contribution is -2.42. The number of nitrogens with two attached hydrogens (primary N) is 1. The topological polar surface area (TPSA) is 118 Å². The van der Waals surface area contributed by atoms with Gasteiger partial charge in [-0.2, -0.15) is 0 Å². The molecule has 0 saturated carbocycles. The second-order valence-electron chi connectivity index (χ2n) is 4.92. The van der Waals surface area contributed by atoms with Crippen LogP contribution in [0.3, 0.4) is 0 Å². The first kappa shape index (κ1) is 16.6. The number of halogens is 1. The van der Waals surface area contributed by atoms with Crippen LogP contribution in [0.2, 0.25) is 0 Å². The zero-order valence-corrected chi connectivity index (χ0v) is 12.4. The van der Waals surface area contributed by atoms with E-state index in [1.165, 1.54) is 18.3 Å². The molecular weight excluding hydrogens is 305 g/mol. The van der Waals surface area contributed by atoms with Crippen LogP contribution in [0.25, 0.3) is 11.3 Å². The van der Waals surface area contributed by atoms with Crippen LogP contribution < -0.4 is 11.1 Å². The summed E-state index contributed by atoms with van der Waals surface area (Å²) in [5.74, 6) is -2.09. The number of hydrogen-bond donors (Lipinski definition) is 3. The van der Waals surface area contributed by atoms with Gasteiger partial charge in [-0.3, -0.25) is 9.59 Å². The zero-order chi connectivity index (χ0) is 17.0. The van der Waals surface area contributed by atoms with Crippen molar-refractivity contribution < 1.29 is 23.6 Å². The molecule has 0 fully saturated rings. The monoisotopic (exact) mass is 321 g/mol. The fourth-order valence-electron chi connectivity index (χ4n) is 1.99. The summed E-state index contributed by atoms with van der Waals surface area (Å²) >= 11 is 0. The maximum absolute atomic E-state index is 13.8. The van der Waals surface area contributed by atoms with Crippen molar-refractivity contribution in [2.24, 2.45) is 5.73 Å². The van der Waals surface area contributed by atoms with E-state index in [0.29, 0.717) is 17.7 Å². The molecule has 1 heterocycles. The molecule has 1 aromatic carbocycles. The van der Waals surface area contributed by atoms with E-state index in [-0.39, 0.29) is 12.1 Å². The van der Waals surface area contributed by atoms with Crippen molar-refractivity contribution in [2.45, 2.75) is 19.4 Å². The molecule has 0 radical (unpaired) electrons. The standard InChI is InChI=1S/C15H16FN3O4/c1-2-8-6-19-23-13(8)9-3-10(5-11(16)4-9)14(20)18-7-12(17)15(21)22/h3-6,12H,2,7,17H2,1H3,(H,18,20)(H,21,22)/t12-/m1/s1. The number of carboxylic acids is 1. The second-order valence-corrected chi connectivity index (χ2v) is 4.92. The Bertz CT molecular complexity index is 729. The molecule has 2 aromatic rings. The number of nitrogens with zero attached hydrogens (tertiary/aromatic N) is 1. The Labute approximate surface area is 131 Å². The van der Waals surface area contributed by atoms with Crippen LogP contribution in [0, 0.1) is 5.82 Å². The first-order valence-electron chi connectivity index (χ1n) is 6.93. The molecule has 0 saturated heterocycles. The molecule has 1 atom stereocenters. The van der Waals surface area contributed by atoms with E-state index >= 15 is 0 Å². The maximum Gasteiger partial charge on any atom is 0.322 e. The van der Waals surface area contributed by atoms with Crippen LogP contribution in [0.5, 0.6) is 0 Å². The fraction of sp³-hybridized carbons (Fsp3) is 0.267. The van der Waals surface area contributed by atoms with Gasteiger partial charge in [0.15, 0.2) is 5.76 Å². The number of aliphatic carboxylic acids is 1. The van der Waals surface area contributed by atoms with Crippen LogP contribution in [-0.2, 0) is 11.2 Å². The summed E-state index contributed by atoms with van der Waals surface area (Å²) in [6, 6.07) is 2.50. The number of carbonyl (C=O) groups is 2. The number of rotatable bonds is 6. The van der Waals surface area contributed by atoms with Gasteiger partial charge in [0.2, 0.25) is 0 Å². The van der Waals surface area contributed by atoms with Gasteiger partial charge in [0, 0.05) is 23.2 Å². The van der Waals surface area contributed by atoms with Gasteiger partial charge in [-0.05, 0) is 24.6 Å². The zero-order valence-electron chi connectivity index (χ0n) is 12.4. The number of carbonyl (C=O) groups excluding carboxylic acids is 1. The van der Waals surface area contributed by atoms with Crippen molar-refractivity contribution in [2.75, 3.05) is 6.54 Å². The Kier molecular flexibility index (Phi) is 5.07. The average molecular weight is 321 g/mol. The second kappa shape index (κ2) is 7.01. The average Bonchev–Trinajstić information content (AvgIpc) is 3.00. The largest absolute Gasteiger partial charge is 0.480 e. The molecular formula is C15H16FN3O4. The van der Waals surface area contributed by atoms with Crippen LogP contribution in [-0.4, -0.2) is 34.7 Å². The van der Waals surface area contributed by atoms with E-state index < -0.39 is 23.7 Å². The summed E-state index contributed by atoms with van der Waals surface area (Å²) < 4.78 is 18.9. The van der Waals surface area contributed by atoms with E-state index in [4.69, 9.17) is 15.4 Å². The lowest BCUT2D eigenvalue weighted by atomic mass is 10.0. The van der Waals surface area contributed by atoms with Crippen LogP contribution >= 0.6 is 0 Å². The first-order valence-corrected chi connectivity index (χ1v) is 6.93. The molecule has 0 aliphatic carbocycles.